The number of thioether (sulfide) groups is 1. The fraction of sp³-hybridized carbons (Fsp3) is 0.167. The molecule has 0 amide bonds. The van der Waals surface area contributed by atoms with Gasteiger partial charge in [0.2, 0.25) is 5.88 Å². The third kappa shape index (κ3) is 2.19. The quantitative estimate of drug-likeness (QED) is 0.675. The summed E-state index contributed by atoms with van der Waals surface area (Å²) in [6, 6.07) is 8.23. The van der Waals surface area contributed by atoms with Gasteiger partial charge in [0.1, 0.15) is 5.75 Å². The number of nitrogens with zero attached hydrogens (tertiary/aromatic N) is 2. The highest BCUT2D eigenvalue weighted by Gasteiger charge is 2.12. The van der Waals surface area contributed by atoms with Crippen LogP contribution in [-0.2, 0) is 0 Å². The highest BCUT2D eigenvalue weighted by atomic mass is 32.2. The van der Waals surface area contributed by atoms with Gasteiger partial charge in [0, 0.05) is 0 Å². The second-order valence-electron chi connectivity index (χ2n) is 3.45. The summed E-state index contributed by atoms with van der Waals surface area (Å²) < 4.78 is 6.63. The average molecular weight is 264 g/mol. The van der Waals surface area contributed by atoms with E-state index in [1.54, 1.807) is 24.5 Å². The molecule has 0 aliphatic rings. The standard InChI is InChI=1S/C12H12N2O3S/c1-17-9-6-4-3-5-8(9)14-11(16)7-10(15)13-12(14)18-2/h3-7,15H,1-2H3. The van der Waals surface area contributed by atoms with E-state index in [1.165, 1.54) is 23.4 Å². The first kappa shape index (κ1) is 12.5. The van der Waals surface area contributed by atoms with Gasteiger partial charge in [-0.15, -0.1) is 0 Å². The minimum absolute atomic E-state index is 0.282. The summed E-state index contributed by atoms with van der Waals surface area (Å²) in [5.41, 5.74) is 0.248. The third-order valence-corrected chi connectivity index (χ3v) is 3.02. The number of aromatic hydroxyl groups is 1. The molecule has 0 aliphatic heterocycles. The normalized spacial score (nSPS) is 10.3. The second-order valence-corrected chi connectivity index (χ2v) is 4.22. The number of hydrogen-bond donors (Lipinski definition) is 1. The number of benzene rings is 1. The van der Waals surface area contributed by atoms with Gasteiger partial charge in [-0.05, 0) is 18.4 Å². The SMILES string of the molecule is COc1ccccc1-n1c(SC)nc(O)cc1=O. The molecule has 0 spiro atoms. The van der Waals surface area contributed by atoms with Crippen LogP contribution in [0.5, 0.6) is 11.6 Å². The van der Waals surface area contributed by atoms with Crippen molar-refractivity contribution in [3.8, 4) is 17.3 Å². The molecular weight excluding hydrogens is 252 g/mol. The van der Waals surface area contributed by atoms with E-state index in [0.717, 1.165) is 6.07 Å². The first-order valence-electron chi connectivity index (χ1n) is 5.18. The molecule has 1 heterocycles. The van der Waals surface area contributed by atoms with Crippen molar-refractivity contribution in [2.45, 2.75) is 5.16 Å². The third-order valence-electron chi connectivity index (χ3n) is 2.38. The molecule has 2 aromatic rings. The van der Waals surface area contributed by atoms with Gasteiger partial charge in [0.25, 0.3) is 5.56 Å². The number of aromatic nitrogens is 2. The zero-order valence-electron chi connectivity index (χ0n) is 9.95. The average Bonchev–Trinajstić information content (AvgIpc) is 2.38. The van der Waals surface area contributed by atoms with Gasteiger partial charge in [-0.3, -0.25) is 9.36 Å². The van der Waals surface area contributed by atoms with Crippen LogP contribution in [0.25, 0.3) is 5.69 Å². The summed E-state index contributed by atoms with van der Waals surface area (Å²) in [5.74, 6) is 0.290. The number of rotatable bonds is 3. The Hall–Kier alpha value is -1.95. The Balaban J connectivity index is 2.74. The molecular formula is C12H12N2O3S. The van der Waals surface area contributed by atoms with Crippen LogP contribution < -0.4 is 10.3 Å². The zero-order chi connectivity index (χ0) is 13.1. The van der Waals surface area contributed by atoms with E-state index in [0.29, 0.717) is 16.6 Å². The van der Waals surface area contributed by atoms with Crippen LogP contribution in [0.15, 0.2) is 40.3 Å². The molecule has 1 aromatic carbocycles. The van der Waals surface area contributed by atoms with E-state index in [-0.39, 0.29) is 11.4 Å². The second kappa shape index (κ2) is 5.14. The smallest absolute Gasteiger partial charge is 0.262 e. The lowest BCUT2D eigenvalue weighted by Crippen LogP contribution is -2.20. The first-order chi connectivity index (χ1) is 8.67. The summed E-state index contributed by atoms with van der Waals surface area (Å²) in [4.78, 5) is 15.9. The highest BCUT2D eigenvalue weighted by Crippen LogP contribution is 2.25. The molecule has 0 saturated carbocycles. The molecule has 0 saturated heterocycles. The van der Waals surface area contributed by atoms with Crippen molar-refractivity contribution >= 4 is 11.8 Å². The lowest BCUT2D eigenvalue weighted by atomic mass is 10.3. The van der Waals surface area contributed by atoms with Crippen molar-refractivity contribution in [2.75, 3.05) is 13.4 Å². The molecule has 6 heteroatoms. The molecule has 0 radical (unpaired) electrons. The minimum atomic E-state index is -0.351. The van der Waals surface area contributed by atoms with Gasteiger partial charge >= 0.3 is 0 Å². The van der Waals surface area contributed by atoms with Crippen LogP contribution in [0.2, 0.25) is 0 Å². The summed E-state index contributed by atoms with van der Waals surface area (Å²) in [6.45, 7) is 0. The Morgan fingerprint density at radius 3 is 2.78 bits per heavy atom. The fourth-order valence-electron chi connectivity index (χ4n) is 1.62. The van der Waals surface area contributed by atoms with Gasteiger partial charge in [-0.25, -0.2) is 0 Å². The summed E-state index contributed by atoms with van der Waals surface area (Å²) >= 11 is 1.27. The van der Waals surface area contributed by atoms with Crippen molar-refractivity contribution < 1.29 is 9.84 Å². The van der Waals surface area contributed by atoms with Crippen LogP contribution in [0.1, 0.15) is 0 Å². The molecule has 0 bridgehead atoms. The topological polar surface area (TPSA) is 64.3 Å². The molecule has 0 unspecified atom stereocenters. The molecule has 0 aliphatic carbocycles. The molecule has 5 nitrogen and oxygen atoms in total. The summed E-state index contributed by atoms with van der Waals surface area (Å²) in [7, 11) is 1.54. The van der Waals surface area contributed by atoms with Gasteiger partial charge in [0.15, 0.2) is 5.16 Å². The van der Waals surface area contributed by atoms with Crippen LogP contribution in [0, 0.1) is 0 Å². The molecule has 18 heavy (non-hydrogen) atoms. The molecule has 0 atom stereocenters. The molecule has 0 fully saturated rings. The zero-order valence-corrected chi connectivity index (χ0v) is 10.8. The number of hydrogen-bond acceptors (Lipinski definition) is 5. The Morgan fingerprint density at radius 1 is 1.39 bits per heavy atom. The molecule has 94 valence electrons. The Kier molecular flexibility index (Phi) is 3.57. The Bertz CT molecular complexity index is 625. The first-order valence-corrected chi connectivity index (χ1v) is 6.40. The van der Waals surface area contributed by atoms with Gasteiger partial charge in [0.05, 0.1) is 18.9 Å². The molecule has 1 N–H and O–H groups in total. The highest BCUT2D eigenvalue weighted by molar-refractivity contribution is 7.98. The maximum Gasteiger partial charge on any atom is 0.262 e. The van der Waals surface area contributed by atoms with Crippen LogP contribution >= 0.6 is 11.8 Å². The monoisotopic (exact) mass is 264 g/mol. The largest absolute Gasteiger partial charge is 0.495 e. The lowest BCUT2D eigenvalue weighted by molar-refractivity contribution is 0.409. The number of ether oxygens (including phenoxy) is 1. The Morgan fingerprint density at radius 2 is 2.11 bits per heavy atom. The van der Waals surface area contributed by atoms with Gasteiger partial charge in [-0.1, -0.05) is 23.9 Å². The molecule has 2 rings (SSSR count). The number of methoxy groups -OCH3 is 1. The van der Waals surface area contributed by atoms with Crippen LogP contribution in [0.3, 0.4) is 0 Å². The molecule has 1 aromatic heterocycles. The predicted octanol–water partition coefficient (Wildman–Crippen LogP) is 1.67. The van der Waals surface area contributed by atoms with Crippen molar-refractivity contribution in [3.63, 3.8) is 0 Å². The van der Waals surface area contributed by atoms with Gasteiger partial charge < -0.3 is 9.84 Å². The maximum atomic E-state index is 12.0. The lowest BCUT2D eigenvalue weighted by Gasteiger charge is -2.13. The van der Waals surface area contributed by atoms with E-state index in [2.05, 4.69) is 4.98 Å². The number of para-hydroxylation sites is 2. The van der Waals surface area contributed by atoms with Crippen molar-refractivity contribution in [2.24, 2.45) is 0 Å². The van der Waals surface area contributed by atoms with E-state index in [4.69, 9.17) is 4.74 Å². The van der Waals surface area contributed by atoms with E-state index >= 15 is 0 Å². The van der Waals surface area contributed by atoms with E-state index in [1.807, 2.05) is 6.07 Å². The van der Waals surface area contributed by atoms with Gasteiger partial charge in [-0.2, -0.15) is 4.98 Å². The van der Waals surface area contributed by atoms with Crippen LogP contribution in [0.4, 0.5) is 0 Å². The fourth-order valence-corrected chi connectivity index (χ4v) is 2.18. The summed E-state index contributed by atoms with van der Waals surface area (Å²) in [5, 5.41) is 9.76. The van der Waals surface area contributed by atoms with Crippen molar-refractivity contribution in [1.29, 1.82) is 0 Å². The Labute approximate surface area is 108 Å². The van der Waals surface area contributed by atoms with Crippen molar-refractivity contribution in [3.05, 3.63) is 40.7 Å². The van der Waals surface area contributed by atoms with Crippen LogP contribution in [-0.4, -0.2) is 28.0 Å². The predicted molar refractivity (Wildman–Crippen MR) is 69.8 cm³/mol. The van der Waals surface area contributed by atoms with E-state index in [9.17, 15) is 9.90 Å². The minimum Gasteiger partial charge on any atom is -0.495 e. The maximum absolute atomic E-state index is 12.0. The van der Waals surface area contributed by atoms with E-state index < -0.39 is 0 Å². The summed E-state index contributed by atoms with van der Waals surface area (Å²) in [6.07, 6.45) is 1.78. The van der Waals surface area contributed by atoms with Crippen molar-refractivity contribution in [1.82, 2.24) is 9.55 Å².